The Morgan fingerprint density at radius 3 is 2.90 bits per heavy atom. The molecule has 0 radical (unpaired) electrons. The molecule has 0 bridgehead atoms. The van der Waals surface area contributed by atoms with Crippen molar-refractivity contribution in [1.82, 2.24) is 10.1 Å². The molecule has 0 aliphatic heterocycles. The third-order valence-electron chi connectivity index (χ3n) is 2.83. The third-order valence-corrected chi connectivity index (χ3v) is 3.82. The van der Waals surface area contributed by atoms with Crippen molar-refractivity contribution in [3.63, 3.8) is 0 Å². The van der Waals surface area contributed by atoms with Gasteiger partial charge in [-0.3, -0.25) is 0 Å². The smallest absolute Gasteiger partial charge is 0.229 e. The van der Waals surface area contributed by atoms with Gasteiger partial charge >= 0.3 is 0 Å². The van der Waals surface area contributed by atoms with E-state index in [2.05, 4.69) is 10.1 Å². The first-order valence-corrected chi connectivity index (χ1v) is 7.41. The van der Waals surface area contributed by atoms with Crippen LogP contribution in [-0.2, 0) is 12.2 Å². The Kier molecular flexibility index (Phi) is 5.14. The number of aliphatic hydroxyl groups is 1. The maximum absolute atomic E-state index is 13.0. The molecule has 0 amide bonds. The zero-order chi connectivity index (χ0) is 14.5. The molecule has 0 fully saturated rings. The van der Waals surface area contributed by atoms with Gasteiger partial charge in [-0.2, -0.15) is 4.98 Å². The second-order valence-electron chi connectivity index (χ2n) is 4.87. The molecule has 0 aliphatic rings. The first-order chi connectivity index (χ1) is 9.54. The third kappa shape index (κ3) is 4.31. The number of nitrogens with zero attached hydrogens (tertiary/aromatic N) is 2. The monoisotopic (exact) mass is 296 g/mol. The number of hydrogen-bond donors (Lipinski definition) is 1. The number of thioether (sulfide) groups is 1. The fourth-order valence-corrected chi connectivity index (χ4v) is 2.33. The van der Waals surface area contributed by atoms with Gasteiger partial charge in [-0.15, -0.1) is 11.8 Å². The highest BCUT2D eigenvalue weighted by Gasteiger charge is 2.15. The molecule has 1 aromatic heterocycles. The van der Waals surface area contributed by atoms with Gasteiger partial charge in [-0.25, -0.2) is 4.39 Å². The zero-order valence-electron chi connectivity index (χ0n) is 11.4. The van der Waals surface area contributed by atoms with E-state index < -0.39 is 6.10 Å². The summed E-state index contributed by atoms with van der Waals surface area (Å²) in [6.45, 7) is 3.86. The molecule has 20 heavy (non-hydrogen) atoms. The molecule has 4 nitrogen and oxygen atoms in total. The van der Waals surface area contributed by atoms with Gasteiger partial charge in [0, 0.05) is 4.90 Å². The normalized spacial score (nSPS) is 12.8. The van der Waals surface area contributed by atoms with Crippen LogP contribution in [0.2, 0.25) is 0 Å². The number of rotatable bonds is 6. The van der Waals surface area contributed by atoms with Crippen molar-refractivity contribution in [2.24, 2.45) is 5.92 Å². The van der Waals surface area contributed by atoms with Crippen LogP contribution >= 0.6 is 11.8 Å². The molecule has 2 rings (SSSR count). The van der Waals surface area contributed by atoms with Crippen LogP contribution in [0.15, 0.2) is 33.7 Å². The molecule has 1 atom stereocenters. The molecule has 1 unspecified atom stereocenters. The van der Waals surface area contributed by atoms with Gasteiger partial charge in [0.1, 0.15) is 5.82 Å². The predicted molar refractivity (Wildman–Crippen MR) is 74.8 cm³/mol. The van der Waals surface area contributed by atoms with Gasteiger partial charge < -0.3 is 9.63 Å². The Balaban J connectivity index is 1.90. The van der Waals surface area contributed by atoms with Crippen LogP contribution in [0.4, 0.5) is 4.39 Å². The van der Waals surface area contributed by atoms with Crippen LogP contribution in [-0.4, -0.2) is 21.4 Å². The lowest BCUT2D eigenvalue weighted by Gasteiger charge is -2.10. The standard InChI is InChI=1S/C14H17FN2O2S/c1-9(2)12(18)7-14-16-13(17-19-14)8-20-11-5-3-4-10(15)6-11/h3-6,9,12,18H,7-8H2,1-2H3. The number of aromatic nitrogens is 2. The Bertz CT molecular complexity index is 560. The fourth-order valence-electron chi connectivity index (χ4n) is 1.55. The molecule has 1 aromatic carbocycles. The van der Waals surface area contributed by atoms with Crippen LogP contribution in [0.1, 0.15) is 25.6 Å². The van der Waals surface area contributed by atoms with Crippen LogP contribution in [0.5, 0.6) is 0 Å². The summed E-state index contributed by atoms with van der Waals surface area (Å²) in [6, 6.07) is 6.37. The average Bonchev–Trinajstić information content (AvgIpc) is 2.84. The molecule has 0 aliphatic carbocycles. The van der Waals surface area contributed by atoms with Crippen molar-refractivity contribution in [2.75, 3.05) is 0 Å². The van der Waals surface area contributed by atoms with Gasteiger partial charge in [-0.1, -0.05) is 25.1 Å². The van der Waals surface area contributed by atoms with E-state index in [0.29, 0.717) is 23.9 Å². The first kappa shape index (κ1) is 15.0. The minimum Gasteiger partial charge on any atom is -0.392 e. The number of halogens is 1. The van der Waals surface area contributed by atoms with Crippen molar-refractivity contribution in [3.05, 3.63) is 41.8 Å². The maximum atomic E-state index is 13.0. The molecule has 2 aromatic rings. The van der Waals surface area contributed by atoms with E-state index in [0.717, 1.165) is 4.90 Å². The van der Waals surface area contributed by atoms with E-state index >= 15 is 0 Å². The average molecular weight is 296 g/mol. The number of aliphatic hydroxyl groups excluding tert-OH is 1. The molecular formula is C14H17FN2O2S. The van der Waals surface area contributed by atoms with Gasteiger partial charge in [0.25, 0.3) is 0 Å². The van der Waals surface area contributed by atoms with Gasteiger partial charge in [0.2, 0.25) is 5.89 Å². The van der Waals surface area contributed by atoms with Crippen LogP contribution in [0.3, 0.4) is 0 Å². The first-order valence-electron chi connectivity index (χ1n) is 6.42. The summed E-state index contributed by atoms with van der Waals surface area (Å²) in [5.41, 5.74) is 0. The topological polar surface area (TPSA) is 59.2 Å². The molecule has 108 valence electrons. The fraction of sp³-hybridized carbons (Fsp3) is 0.429. The van der Waals surface area contributed by atoms with E-state index in [1.54, 1.807) is 6.07 Å². The molecule has 1 heterocycles. The summed E-state index contributed by atoms with van der Waals surface area (Å²) < 4.78 is 18.1. The summed E-state index contributed by atoms with van der Waals surface area (Å²) in [5, 5.41) is 13.6. The van der Waals surface area contributed by atoms with E-state index in [4.69, 9.17) is 4.52 Å². The summed E-state index contributed by atoms with van der Waals surface area (Å²) in [5.74, 6) is 1.37. The molecule has 6 heteroatoms. The minimum atomic E-state index is -0.487. The Morgan fingerprint density at radius 1 is 1.40 bits per heavy atom. The molecule has 0 spiro atoms. The van der Waals surface area contributed by atoms with E-state index in [-0.39, 0.29) is 11.7 Å². The Hall–Kier alpha value is -1.40. The van der Waals surface area contributed by atoms with E-state index in [1.807, 2.05) is 19.9 Å². The van der Waals surface area contributed by atoms with Crippen molar-refractivity contribution >= 4 is 11.8 Å². The van der Waals surface area contributed by atoms with Crippen molar-refractivity contribution in [2.45, 2.75) is 37.0 Å². The second-order valence-corrected chi connectivity index (χ2v) is 5.91. The summed E-state index contributed by atoms with van der Waals surface area (Å²) in [7, 11) is 0. The van der Waals surface area contributed by atoms with Crippen molar-refractivity contribution < 1.29 is 14.0 Å². The van der Waals surface area contributed by atoms with Gasteiger partial charge in [0.15, 0.2) is 5.82 Å². The number of benzene rings is 1. The Morgan fingerprint density at radius 2 is 2.20 bits per heavy atom. The highest BCUT2D eigenvalue weighted by Crippen LogP contribution is 2.22. The van der Waals surface area contributed by atoms with Crippen LogP contribution in [0, 0.1) is 11.7 Å². The van der Waals surface area contributed by atoms with Crippen LogP contribution in [0.25, 0.3) is 0 Å². The van der Waals surface area contributed by atoms with E-state index in [9.17, 15) is 9.50 Å². The largest absolute Gasteiger partial charge is 0.392 e. The number of hydrogen-bond acceptors (Lipinski definition) is 5. The highest BCUT2D eigenvalue weighted by atomic mass is 32.2. The SMILES string of the molecule is CC(C)C(O)Cc1nc(CSc2cccc(F)c2)no1. The summed E-state index contributed by atoms with van der Waals surface area (Å²) >= 11 is 1.44. The molecular weight excluding hydrogens is 279 g/mol. The van der Waals surface area contributed by atoms with Gasteiger partial charge in [-0.05, 0) is 24.1 Å². The van der Waals surface area contributed by atoms with Crippen molar-refractivity contribution in [1.29, 1.82) is 0 Å². The lowest BCUT2D eigenvalue weighted by molar-refractivity contribution is 0.116. The lowest BCUT2D eigenvalue weighted by Crippen LogP contribution is -2.17. The quantitative estimate of drug-likeness (QED) is 0.830. The molecule has 0 saturated carbocycles. The second kappa shape index (κ2) is 6.85. The summed E-state index contributed by atoms with van der Waals surface area (Å²) in [6.07, 6.45) is -0.130. The molecule has 0 saturated heterocycles. The highest BCUT2D eigenvalue weighted by molar-refractivity contribution is 7.98. The predicted octanol–water partition coefficient (Wildman–Crippen LogP) is 3.06. The van der Waals surface area contributed by atoms with E-state index in [1.165, 1.54) is 23.9 Å². The zero-order valence-corrected chi connectivity index (χ0v) is 12.2. The Labute approximate surface area is 121 Å². The van der Waals surface area contributed by atoms with Crippen LogP contribution < -0.4 is 0 Å². The van der Waals surface area contributed by atoms with Crippen molar-refractivity contribution in [3.8, 4) is 0 Å². The van der Waals surface area contributed by atoms with Gasteiger partial charge in [0.05, 0.1) is 18.3 Å². The minimum absolute atomic E-state index is 0.145. The summed E-state index contributed by atoms with van der Waals surface area (Å²) in [4.78, 5) is 5.04. The maximum Gasteiger partial charge on any atom is 0.229 e. The molecule has 1 N–H and O–H groups in total. The lowest BCUT2D eigenvalue weighted by atomic mass is 10.0.